The molecule has 0 bridgehead atoms. The molecule has 10 heteroatoms. The molecule has 1 fully saturated rings. The molecular formula is C19H29BClFN2O5. The number of hydrogen-bond donors (Lipinski definition) is 2. The first-order chi connectivity index (χ1) is 13.5. The van der Waals surface area contributed by atoms with Crippen LogP contribution in [0.5, 0.6) is 5.75 Å². The standard InChI is InChI=1S/C19H29BClFN2O5/c1-18(2)19(3,4)29-20(28-18)16(24-17(25)15(23)11-26-5)8-9-27-12-6-7-13(21)14(22)10-12/h6-7,10,15-16H,8-9,11,23H2,1-5H3,(H,24,25). The number of rotatable bonds is 9. The van der Waals surface area contributed by atoms with E-state index in [1.807, 2.05) is 27.7 Å². The number of nitrogens with one attached hydrogen (secondary N) is 1. The molecule has 2 rings (SSSR count). The van der Waals surface area contributed by atoms with Gasteiger partial charge in [0.25, 0.3) is 0 Å². The van der Waals surface area contributed by atoms with Crippen molar-refractivity contribution >= 4 is 24.6 Å². The largest absolute Gasteiger partial charge is 0.493 e. The molecule has 1 aromatic carbocycles. The number of carbonyl (C=O) groups is 1. The number of hydrogen-bond acceptors (Lipinski definition) is 6. The lowest BCUT2D eigenvalue weighted by molar-refractivity contribution is -0.123. The van der Waals surface area contributed by atoms with Crippen molar-refractivity contribution in [3.05, 3.63) is 29.0 Å². The Morgan fingerprint density at radius 2 is 1.93 bits per heavy atom. The zero-order valence-electron chi connectivity index (χ0n) is 17.5. The minimum atomic E-state index is -0.823. The molecule has 1 aromatic rings. The van der Waals surface area contributed by atoms with Gasteiger partial charge >= 0.3 is 7.12 Å². The molecule has 1 saturated heterocycles. The molecule has 3 N–H and O–H groups in total. The van der Waals surface area contributed by atoms with Crippen LogP contribution in [0.4, 0.5) is 4.39 Å². The van der Waals surface area contributed by atoms with E-state index in [9.17, 15) is 9.18 Å². The lowest BCUT2D eigenvalue weighted by atomic mass is 9.76. The number of nitrogens with two attached hydrogens (primary N) is 1. The summed E-state index contributed by atoms with van der Waals surface area (Å²) in [6.07, 6.45) is 0.354. The summed E-state index contributed by atoms with van der Waals surface area (Å²) in [6.45, 7) is 7.98. The van der Waals surface area contributed by atoms with Gasteiger partial charge in [-0.25, -0.2) is 4.39 Å². The molecule has 162 valence electrons. The van der Waals surface area contributed by atoms with Gasteiger partial charge in [-0.2, -0.15) is 0 Å². The summed E-state index contributed by atoms with van der Waals surface area (Å²) >= 11 is 5.68. The van der Waals surface area contributed by atoms with Crippen LogP contribution < -0.4 is 15.8 Å². The fourth-order valence-electron chi connectivity index (χ4n) is 2.74. The van der Waals surface area contributed by atoms with Gasteiger partial charge in [-0.1, -0.05) is 11.6 Å². The monoisotopic (exact) mass is 430 g/mol. The third-order valence-corrected chi connectivity index (χ3v) is 5.51. The van der Waals surface area contributed by atoms with Crippen molar-refractivity contribution in [1.29, 1.82) is 0 Å². The van der Waals surface area contributed by atoms with E-state index >= 15 is 0 Å². The summed E-state index contributed by atoms with van der Waals surface area (Å²) in [5.41, 5.74) is 4.71. The van der Waals surface area contributed by atoms with Crippen molar-refractivity contribution in [2.75, 3.05) is 20.3 Å². The van der Waals surface area contributed by atoms with Gasteiger partial charge < -0.3 is 29.8 Å². The first-order valence-electron chi connectivity index (χ1n) is 9.45. The molecule has 29 heavy (non-hydrogen) atoms. The second kappa shape index (κ2) is 9.62. The molecule has 2 unspecified atom stereocenters. The summed E-state index contributed by atoms with van der Waals surface area (Å²) in [5.74, 6) is -1.14. The topological polar surface area (TPSA) is 92.0 Å². The van der Waals surface area contributed by atoms with Crippen LogP contribution in [-0.4, -0.2) is 56.5 Å². The summed E-state index contributed by atoms with van der Waals surface area (Å²) in [6, 6.07) is 3.38. The number of amides is 1. The Balaban J connectivity index is 2.06. The third-order valence-electron chi connectivity index (χ3n) is 5.20. The molecule has 0 aromatic heterocycles. The van der Waals surface area contributed by atoms with Crippen molar-refractivity contribution < 1.29 is 28.0 Å². The van der Waals surface area contributed by atoms with Crippen molar-refractivity contribution in [2.45, 2.75) is 57.3 Å². The van der Waals surface area contributed by atoms with Crippen LogP contribution in [0.15, 0.2) is 18.2 Å². The maximum Gasteiger partial charge on any atom is 0.481 e. The van der Waals surface area contributed by atoms with Crippen molar-refractivity contribution in [1.82, 2.24) is 5.32 Å². The highest BCUT2D eigenvalue weighted by Crippen LogP contribution is 2.37. The average Bonchev–Trinajstić information content (AvgIpc) is 2.84. The third kappa shape index (κ3) is 6.05. The number of halogens is 2. The van der Waals surface area contributed by atoms with Gasteiger partial charge in [0.1, 0.15) is 17.6 Å². The normalized spacial score (nSPS) is 19.7. The van der Waals surface area contributed by atoms with Crippen molar-refractivity contribution in [3.8, 4) is 5.75 Å². The Labute approximate surface area is 176 Å². The molecular weight excluding hydrogens is 401 g/mol. The van der Waals surface area contributed by atoms with E-state index in [2.05, 4.69) is 5.32 Å². The molecule has 1 aliphatic heterocycles. The van der Waals surface area contributed by atoms with Crippen LogP contribution in [0.25, 0.3) is 0 Å². The van der Waals surface area contributed by atoms with Crippen molar-refractivity contribution in [3.63, 3.8) is 0 Å². The number of methoxy groups -OCH3 is 1. The lowest BCUT2D eigenvalue weighted by Gasteiger charge is -2.32. The summed E-state index contributed by atoms with van der Waals surface area (Å²) in [5, 5.41) is 2.88. The second-order valence-corrected chi connectivity index (χ2v) is 8.42. The van der Waals surface area contributed by atoms with E-state index in [4.69, 9.17) is 36.1 Å². The minimum absolute atomic E-state index is 0.0202. The van der Waals surface area contributed by atoms with Gasteiger partial charge in [0.15, 0.2) is 0 Å². The van der Waals surface area contributed by atoms with Crippen LogP contribution >= 0.6 is 11.6 Å². The highest BCUT2D eigenvalue weighted by molar-refractivity contribution is 6.48. The van der Waals surface area contributed by atoms with Crippen LogP contribution in [0.2, 0.25) is 5.02 Å². The van der Waals surface area contributed by atoms with Crippen LogP contribution in [-0.2, 0) is 18.8 Å². The van der Waals surface area contributed by atoms with E-state index < -0.39 is 36.1 Å². The number of benzene rings is 1. The molecule has 0 spiro atoms. The summed E-state index contributed by atoms with van der Waals surface area (Å²) in [4.78, 5) is 12.4. The second-order valence-electron chi connectivity index (χ2n) is 8.01. The molecule has 1 heterocycles. The number of ether oxygens (including phenoxy) is 2. The Kier molecular flexibility index (Phi) is 7.92. The Morgan fingerprint density at radius 3 is 2.48 bits per heavy atom. The fourth-order valence-corrected chi connectivity index (χ4v) is 2.86. The van der Waals surface area contributed by atoms with Gasteiger partial charge in [0, 0.05) is 19.6 Å². The zero-order chi connectivity index (χ0) is 21.8. The lowest BCUT2D eigenvalue weighted by Crippen LogP contribution is -2.54. The molecule has 0 aliphatic carbocycles. The zero-order valence-corrected chi connectivity index (χ0v) is 18.2. The predicted octanol–water partition coefficient (Wildman–Crippen LogP) is 2.34. The van der Waals surface area contributed by atoms with Crippen molar-refractivity contribution in [2.24, 2.45) is 5.73 Å². The van der Waals surface area contributed by atoms with Gasteiger partial charge in [-0.05, 0) is 39.8 Å². The Morgan fingerprint density at radius 1 is 1.31 bits per heavy atom. The van der Waals surface area contributed by atoms with Crippen LogP contribution in [0.3, 0.4) is 0 Å². The Bertz CT molecular complexity index is 706. The summed E-state index contributed by atoms with van der Waals surface area (Å²) in [7, 11) is 0.780. The molecule has 0 saturated carbocycles. The summed E-state index contributed by atoms with van der Waals surface area (Å²) < 4.78 is 36.3. The average molecular weight is 431 g/mol. The Hall–Kier alpha value is -1.39. The van der Waals surface area contributed by atoms with E-state index in [0.717, 1.165) is 0 Å². The molecule has 1 amide bonds. The number of carbonyl (C=O) groups excluding carboxylic acids is 1. The minimum Gasteiger partial charge on any atom is -0.493 e. The maximum atomic E-state index is 13.6. The van der Waals surface area contributed by atoms with Crippen LogP contribution in [0, 0.1) is 5.82 Å². The highest BCUT2D eigenvalue weighted by atomic mass is 35.5. The molecule has 1 aliphatic rings. The molecule has 0 radical (unpaired) electrons. The van der Waals surface area contributed by atoms with E-state index in [1.54, 1.807) is 6.07 Å². The first-order valence-corrected chi connectivity index (χ1v) is 9.83. The first kappa shape index (κ1) is 23.9. The van der Waals surface area contributed by atoms with Crippen LogP contribution in [0.1, 0.15) is 34.1 Å². The highest BCUT2D eigenvalue weighted by Gasteiger charge is 2.54. The SMILES string of the molecule is COCC(N)C(=O)NC(CCOc1ccc(Cl)c(F)c1)B1OC(C)(C)C(C)(C)O1. The van der Waals surface area contributed by atoms with E-state index in [-0.39, 0.29) is 24.1 Å². The fraction of sp³-hybridized carbons (Fsp3) is 0.632. The maximum absolute atomic E-state index is 13.6. The van der Waals surface area contributed by atoms with Gasteiger partial charge in [0.05, 0.1) is 35.4 Å². The van der Waals surface area contributed by atoms with E-state index in [0.29, 0.717) is 12.2 Å². The predicted molar refractivity (Wildman–Crippen MR) is 109 cm³/mol. The van der Waals surface area contributed by atoms with Gasteiger partial charge in [-0.15, -0.1) is 0 Å². The smallest absolute Gasteiger partial charge is 0.481 e. The van der Waals surface area contributed by atoms with Gasteiger partial charge in [-0.3, -0.25) is 4.79 Å². The molecule has 7 nitrogen and oxygen atoms in total. The molecule has 2 atom stereocenters. The quantitative estimate of drug-likeness (QED) is 0.584. The van der Waals surface area contributed by atoms with E-state index in [1.165, 1.54) is 19.2 Å². The van der Waals surface area contributed by atoms with Gasteiger partial charge in [0.2, 0.25) is 5.91 Å².